The van der Waals surface area contributed by atoms with Gasteiger partial charge in [-0.2, -0.15) is 5.26 Å². The smallest absolute Gasteiger partial charge is 0.350 e. The van der Waals surface area contributed by atoms with Gasteiger partial charge in [-0.15, -0.1) is 23.5 Å². The largest absolute Gasteiger partial charge is 0.465 e. The van der Waals surface area contributed by atoms with Gasteiger partial charge in [0.1, 0.15) is 6.07 Å². The van der Waals surface area contributed by atoms with Crippen LogP contribution in [-0.4, -0.2) is 25.1 Å². The maximum Gasteiger partial charge on any atom is 0.350 e. The minimum atomic E-state index is -0.562. The van der Waals surface area contributed by atoms with E-state index in [9.17, 15) is 4.79 Å². The molecule has 0 N–H and O–H groups in total. The van der Waals surface area contributed by atoms with Gasteiger partial charge in [-0.05, 0) is 12.0 Å². The summed E-state index contributed by atoms with van der Waals surface area (Å²) in [7, 11) is 1.27. The van der Waals surface area contributed by atoms with Crippen molar-refractivity contribution in [3.63, 3.8) is 0 Å². The maximum absolute atomic E-state index is 11.1. The van der Waals surface area contributed by atoms with Crippen LogP contribution in [0.4, 0.5) is 0 Å². The number of rotatable bonds is 4. The molecule has 13 heavy (non-hydrogen) atoms. The first kappa shape index (κ1) is 12.4. The molecule has 0 aromatic heterocycles. The van der Waals surface area contributed by atoms with Crippen LogP contribution in [0, 0.1) is 11.3 Å². The third kappa shape index (κ3) is 3.75. The van der Waals surface area contributed by atoms with Gasteiger partial charge < -0.3 is 4.74 Å². The van der Waals surface area contributed by atoms with E-state index in [0.29, 0.717) is 0 Å². The van der Waals surface area contributed by atoms with Crippen molar-refractivity contribution >= 4 is 29.5 Å². The number of ether oxygens (including phenoxy) is 1. The molecule has 0 aliphatic heterocycles. The Morgan fingerprint density at radius 2 is 2.23 bits per heavy atom. The molecule has 0 amide bonds. The fraction of sp³-hybridized carbons (Fsp3) is 0.500. The summed E-state index contributed by atoms with van der Waals surface area (Å²) < 4.78 is 5.21. The zero-order valence-electron chi connectivity index (χ0n) is 7.79. The minimum absolute atomic E-state index is 0.0989. The summed E-state index contributed by atoms with van der Waals surface area (Å²) >= 11 is 2.86. The Hall–Kier alpha value is -0.600. The fourth-order valence-electron chi connectivity index (χ4n) is 0.641. The SMILES string of the molecule is CCS/C(SC)=C(\C#N)C(=O)OC. The molecule has 5 heteroatoms. The monoisotopic (exact) mass is 217 g/mol. The molecule has 0 aromatic rings. The van der Waals surface area contributed by atoms with Crippen molar-refractivity contribution in [3.8, 4) is 6.07 Å². The summed E-state index contributed by atoms with van der Waals surface area (Å²) in [5, 5.41) is 8.72. The standard InChI is InChI=1S/C8H11NO2S2/c1-4-13-8(12-3)6(5-9)7(10)11-2/h4H2,1-3H3/b8-6+. The van der Waals surface area contributed by atoms with Crippen LogP contribution >= 0.6 is 23.5 Å². The van der Waals surface area contributed by atoms with Crippen LogP contribution in [0.3, 0.4) is 0 Å². The third-order valence-electron chi connectivity index (χ3n) is 1.17. The molecule has 0 saturated carbocycles. The molecule has 0 heterocycles. The lowest BCUT2D eigenvalue weighted by molar-refractivity contribution is -0.135. The number of nitrogens with zero attached hydrogens (tertiary/aromatic N) is 1. The first-order valence-corrected chi connectivity index (χ1v) is 5.81. The Labute approximate surface area is 86.5 Å². The molecule has 0 saturated heterocycles. The lowest BCUT2D eigenvalue weighted by Gasteiger charge is -2.03. The van der Waals surface area contributed by atoms with E-state index >= 15 is 0 Å². The van der Waals surface area contributed by atoms with Crippen molar-refractivity contribution < 1.29 is 9.53 Å². The summed E-state index contributed by atoms with van der Waals surface area (Å²) in [6.45, 7) is 1.97. The first-order valence-electron chi connectivity index (χ1n) is 3.60. The Morgan fingerprint density at radius 3 is 2.54 bits per heavy atom. The molecule has 0 aromatic carbocycles. The number of methoxy groups -OCH3 is 1. The fourth-order valence-corrected chi connectivity index (χ4v) is 2.33. The number of hydrogen-bond donors (Lipinski definition) is 0. The average molecular weight is 217 g/mol. The van der Waals surface area contributed by atoms with Crippen molar-refractivity contribution in [2.45, 2.75) is 6.92 Å². The van der Waals surface area contributed by atoms with Gasteiger partial charge >= 0.3 is 5.97 Å². The molecule has 72 valence electrons. The van der Waals surface area contributed by atoms with Gasteiger partial charge in [-0.25, -0.2) is 4.79 Å². The molecule has 0 bridgehead atoms. The van der Waals surface area contributed by atoms with Crippen LogP contribution in [-0.2, 0) is 9.53 Å². The normalized spacial score (nSPS) is 11.5. The maximum atomic E-state index is 11.1. The van der Waals surface area contributed by atoms with Gasteiger partial charge in [0.05, 0.1) is 11.3 Å². The topological polar surface area (TPSA) is 50.1 Å². The molecule has 0 aliphatic carbocycles. The molecule has 0 spiro atoms. The quantitative estimate of drug-likeness (QED) is 0.409. The van der Waals surface area contributed by atoms with Crippen LogP contribution in [0.2, 0.25) is 0 Å². The summed E-state index contributed by atoms with van der Waals surface area (Å²) in [6.07, 6.45) is 1.83. The van der Waals surface area contributed by atoms with Gasteiger partial charge in [-0.3, -0.25) is 0 Å². The van der Waals surface area contributed by atoms with Crippen molar-refractivity contribution in [1.82, 2.24) is 0 Å². The lowest BCUT2D eigenvalue weighted by atomic mass is 10.3. The van der Waals surface area contributed by atoms with Gasteiger partial charge in [0, 0.05) is 0 Å². The second-order valence-corrected chi connectivity index (χ2v) is 4.25. The number of esters is 1. The summed E-state index contributed by atoms with van der Waals surface area (Å²) in [5.41, 5.74) is 0.0989. The van der Waals surface area contributed by atoms with Crippen molar-refractivity contribution in [2.75, 3.05) is 19.1 Å². The highest BCUT2D eigenvalue weighted by molar-refractivity contribution is 8.22. The van der Waals surface area contributed by atoms with Gasteiger partial charge in [0.15, 0.2) is 5.57 Å². The van der Waals surface area contributed by atoms with Crippen molar-refractivity contribution in [2.24, 2.45) is 0 Å². The Bertz CT molecular complexity index is 255. The van der Waals surface area contributed by atoms with Gasteiger partial charge in [0.2, 0.25) is 0 Å². The van der Waals surface area contributed by atoms with E-state index in [2.05, 4.69) is 4.74 Å². The molecule has 0 radical (unpaired) electrons. The van der Waals surface area contributed by atoms with E-state index in [4.69, 9.17) is 5.26 Å². The van der Waals surface area contributed by atoms with Crippen LogP contribution in [0.25, 0.3) is 0 Å². The molecule has 0 unspecified atom stereocenters. The molecule has 0 aliphatic rings. The van der Waals surface area contributed by atoms with Crippen LogP contribution in [0.1, 0.15) is 6.92 Å². The molecule has 0 rings (SSSR count). The van der Waals surface area contributed by atoms with Crippen LogP contribution in [0.15, 0.2) is 9.81 Å². The summed E-state index contributed by atoms with van der Waals surface area (Å²) in [4.78, 5) is 11.1. The van der Waals surface area contributed by atoms with Crippen molar-refractivity contribution in [1.29, 1.82) is 5.26 Å². The van der Waals surface area contributed by atoms with E-state index < -0.39 is 5.97 Å². The van der Waals surface area contributed by atoms with E-state index in [1.54, 1.807) is 0 Å². The Kier molecular flexibility index (Phi) is 6.55. The van der Waals surface area contributed by atoms with Gasteiger partial charge in [-0.1, -0.05) is 6.92 Å². The highest BCUT2D eigenvalue weighted by atomic mass is 32.2. The number of carbonyl (C=O) groups is 1. The second-order valence-electron chi connectivity index (χ2n) is 1.90. The Balaban J connectivity index is 4.84. The van der Waals surface area contributed by atoms with E-state index in [0.717, 1.165) is 9.99 Å². The number of thioether (sulfide) groups is 2. The second kappa shape index (κ2) is 6.87. The number of hydrogen-bond acceptors (Lipinski definition) is 5. The zero-order chi connectivity index (χ0) is 10.3. The molecular weight excluding hydrogens is 206 g/mol. The summed E-state index contributed by atoms with van der Waals surface area (Å²) in [5.74, 6) is 0.269. The average Bonchev–Trinajstić information content (AvgIpc) is 2.17. The Morgan fingerprint density at radius 1 is 1.62 bits per heavy atom. The summed E-state index contributed by atoms with van der Waals surface area (Å²) in [6, 6.07) is 1.85. The van der Waals surface area contributed by atoms with E-state index in [1.165, 1.54) is 30.6 Å². The lowest BCUT2D eigenvalue weighted by Crippen LogP contribution is -2.04. The minimum Gasteiger partial charge on any atom is -0.465 e. The highest BCUT2D eigenvalue weighted by Gasteiger charge is 2.14. The zero-order valence-corrected chi connectivity index (χ0v) is 9.42. The van der Waals surface area contributed by atoms with E-state index in [1.807, 2.05) is 19.2 Å². The van der Waals surface area contributed by atoms with Gasteiger partial charge in [0.25, 0.3) is 0 Å². The molecule has 0 fully saturated rings. The van der Waals surface area contributed by atoms with Crippen LogP contribution in [0.5, 0.6) is 0 Å². The predicted octanol–water partition coefficient (Wildman–Crippen LogP) is 2.01. The molecule has 0 atom stereocenters. The highest BCUT2D eigenvalue weighted by Crippen LogP contribution is 2.29. The number of nitriles is 1. The van der Waals surface area contributed by atoms with E-state index in [-0.39, 0.29) is 5.57 Å². The molecule has 3 nitrogen and oxygen atoms in total. The first-order chi connectivity index (χ1) is 6.21. The predicted molar refractivity (Wildman–Crippen MR) is 56.3 cm³/mol. The third-order valence-corrected chi connectivity index (χ3v) is 3.35. The number of carbonyl (C=O) groups excluding carboxylic acids is 1. The van der Waals surface area contributed by atoms with Crippen molar-refractivity contribution in [3.05, 3.63) is 9.81 Å². The molecular formula is C8H11NO2S2. The van der Waals surface area contributed by atoms with Crippen LogP contribution < -0.4 is 0 Å².